The fourth-order valence-electron chi connectivity index (χ4n) is 2.94. The van der Waals surface area contributed by atoms with Gasteiger partial charge < -0.3 is 14.5 Å². The van der Waals surface area contributed by atoms with Crippen LogP contribution in [0.2, 0.25) is 0 Å². The number of hydrogen-bond acceptors (Lipinski definition) is 7. The van der Waals surface area contributed by atoms with Gasteiger partial charge in [0.25, 0.3) is 0 Å². The first-order chi connectivity index (χ1) is 13.5. The molecule has 0 radical (unpaired) electrons. The van der Waals surface area contributed by atoms with Crippen molar-refractivity contribution in [2.45, 2.75) is 12.8 Å². The monoisotopic (exact) mass is 377 g/mol. The third-order valence-electron chi connectivity index (χ3n) is 4.55. The summed E-state index contributed by atoms with van der Waals surface area (Å²) in [5.41, 5.74) is 2.82. The number of rotatable bonds is 5. The van der Waals surface area contributed by atoms with Crippen LogP contribution >= 0.6 is 0 Å². The second-order valence-electron chi connectivity index (χ2n) is 6.33. The lowest BCUT2D eigenvalue weighted by molar-refractivity contribution is -0.116. The molecule has 0 bridgehead atoms. The average Bonchev–Trinajstić information content (AvgIpc) is 3.35. The van der Waals surface area contributed by atoms with Gasteiger partial charge in [0, 0.05) is 16.8 Å². The molecule has 0 saturated carbocycles. The number of nitrogens with zero attached hydrogens (tertiary/aromatic N) is 2. The van der Waals surface area contributed by atoms with E-state index in [4.69, 9.17) is 9.15 Å². The van der Waals surface area contributed by atoms with Gasteiger partial charge in [0.1, 0.15) is 0 Å². The number of ketones is 1. The van der Waals surface area contributed by atoms with Crippen LogP contribution in [0.4, 0.5) is 5.69 Å². The molecule has 0 spiro atoms. The van der Waals surface area contributed by atoms with Gasteiger partial charge in [-0.1, -0.05) is 0 Å². The highest BCUT2D eigenvalue weighted by molar-refractivity contribution is 6.05. The number of ether oxygens (including phenoxy) is 1. The fraction of sp³-hybridized carbons (Fsp3) is 0.150. The number of benzene rings is 2. The first-order valence-electron chi connectivity index (χ1n) is 8.54. The van der Waals surface area contributed by atoms with Gasteiger partial charge >= 0.3 is 5.97 Å². The predicted octanol–water partition coefficient (Wildman–Crippen LogP) is 2.83. The molecule has 1 aliphatic rings. The largest absolute Gasteiger partial charge is 0.454 e. The van der Waals surface area contributed by atoms with Gasteiger partial charge in [0.2, 0.25) is 18.2 Å². The van der Waals surface area contributed by atoms with E-state index in [2.05, 4.69) is 15.5 Å². The van der Waals surface area contributed by atoms with Crippen LogP contribution in [0.3, 0.4) is 0 Å². The molecule has 0 aliphatic carbocycles. The maximum atomic E-state index is 12.4. The molecule has 1 atom stereocenters. The molecule has 8 nitrogen and oxygen atoms in total. The number of hydrogen-bond donors (Lipinski definition) is 1. The van der Waals surface area contributed by atoms with Gasteiger partial charge in [-0.05, 0) is 55.0 Å². The molecule has 2 aromatic carbocycles. The highest BCUT2D eigenvalue weighted by Crippen LogP contribution is 2.32. The van der Waals surface area contributed by atoms with Crippen molar-refractivity contribution in [3.63, 3.8) is 0 Å². The third kappa shape index (κ3) is 3.27. The van der Waals surface area contributed by atoms with Crippen molar-refractivity contribution in [3.05, 3.63) is 65.5 Å². The molecular weight excluding hydrogens is 362 g/mol. The molecule has 8 heteroatoms. The Morgan fingerprint density at radius 2 is 1.89 bits per heavy atom. The van der Waals surface area contributed by atoms with Crippen molar-refractivity contribution in [2.24, 2.45) is 0 Å². The zero-order valence-electron chi connectivity index (χ0n) is 14.8. The van der Waals surface area contributed by atoms with Crippen LogP contribution in [0, 0.1) is 0 Å². The number of amides is 1. The van der Waals surface area contributed by atoms with Crippen molar-refractivity contribution < 1.29 is 23.5 Å². The number of carbonyl (C=O) groups is 3. The second kappa shape index (κ2) is 7.07. The van der Waals surface area contributed by atoms with Crippen LogP contribution in [-0.4, -0.2) is 34.5 Å². The van der Waals surface area contributed by atoms with Crippen molar-refractivity contribution in [1.29, 1.82) is 0 Å². The Bertz CT molecular complexity index is 1060. The van der Waals surface area contributed by atoms with E-state index in [9.17, 15) is 14.4 Å². The topological polar surface area (TPSA) is 111 Å². The maximum Gasteiger partial charge on any atom is 0.338 e. The molecule has 140 valence electrons. The van der Waals surface area contributed by atoms with Gasteiger partial charge in [-0.3, -0.25) is 9.59 Å². The third-order valence-corrected chi connectivity index (χ3v) is 4.55. The molecule has 28 heavy (non-hydrogen) atoms. The van der Waals surface area contributed by atoms with Gasteiger partial charge in [-0.2, -0.15) is 0 Å². The summed E-state index contributed by atoms with van der Waals surface area (Å²) in [4.78, 5) is 36.3. The summed E-state index contributed by atoms with van der Waals surface area (Å²) < 4.78 is 10.2. The van der Waals surface area contributed by atoms with E-state index >= 15 is 0 Å². The number of fused-ring (bicyclic) bond motifs is 1. The Hall–Kier alpha value is -3.81. The first-order valence-corrected chi connectivity index (χ1v) is 8.54. The Morgan fingerprint density at radius 3 is 2.61 bits per heavy atom. The minimum absolute atomic E-state index is 0.102. The lowest BCUT2D eigenvalue weighted by atomic mass is 9.99. The van der Waals surface area contributed by atoms with Crippen molar-refractivity contribution in [3.8, 4) is 11.5 Å². The van der Waals surface area contributed by atoms with Crippen LogP contribution in [0.15, 0.2) is 53.3 Å². The Kier molecular flexibility index (Phi) is 4.44. The summed E-state index contributed by atoms with van der Waals surface area (Å²) in [6, 6.07) is 11.4. The highest BCUT2D eigenvalue weighted by atomic mass is 16.5. The molecule has 0 fully saturated rings. The number of aromatic nitrogens is 2. The number of carbonyl (C=O) groups excluding carboxylic acids is 3. The second-order valence-corrected chi connectivity index (χ2v) is 6.33. The summed E-state index contributed by atoms with van der Waals surface area (Å²) in [5, 5.41) is 10.1. The minimum atomic E-state index is -0.614. The van der Waals surface area contributed by atoms with E-state index in [-0.39, 0.29) is 17.6 Å². The van der Waals surface area contributed by atoms with E-state index in [1.807, 2.05) is 0 Å². The summed E-state index contributed by atoms with van der Waals surface area (Å²) >= 11 is 0. The van der Waals surface area contributed by atoms with Crippen LogP contribution in [0.1, 0.15) is 39.1 Å². The van der Waals surface area contributed by atoms with Crippen molar-refractivity contribution >= 4 is 23.3 Å². The van der Waals surface area contributed by atoms with E-state index in [0.717, 1.165) is 5.56 Å². The molecule has 0 unspecified atom stereocenters. The fourth-order valence-corrected chi connectivity index (χ4v) is 2.94. The molecule has 2 heterocycles. The number of anilines is 1. The van der Waals surface area contributed by atoms with Crippen molar-refractivity contribution in [2.75, 3.05) is 11.9 Å². The predicted molar refractivity (Wildman–Crippen MR) is 97.8 cm³/mol. The van der Waals surface area contributed by atoms with E-state index in [1.54, 1.807) is 49.4 Å². The summed E-state index contributed by atoms with van der Waals surface area (Å²) in [6.07, 6.45) is 1.22. The molecule has 3 aromatic rings. The van der Waals surface area contributed by atoms with Gasteiger partial charge in [0.15, 0.2) is 12.4 Å². The average molecular weight is 377 g/mol. The van der Waals surface area contributed by atoms with Crippen LogP contribution in [0.5, 0.6) is 0 Å². The zero-order chi connectivity index (χ0) is 19.7. The summed E-state index contributed by atoms with van der Waals surface area (Å²) in [7, 11) is 0. The highest BCUT2D eigenvalue weighted by Gasteiger charge is 2.27. The van der Waals surface area contributed by atoms with Crippen LogP contribution in [-0.2, 0) is 9.53 Å². The molecular formula is C20H15N3O5. The normalized spacial score (nSPS) is 15.0. The summed E-state index contributed by atoms with van der Waals surface area (Å²) in [6.45, 7) is 1.38. The number of nitrogens with one attached hydrogen (secondary N) is 1. The van der Waals surface area contributed by atoms with E-state index in [0.29, 0.717) is 28.3 Å². The minimum Gasteiger partial charge on any atom is -0.454 e. The van der Waals surface area contributed by atoms with Gasteiger partial charge in [0.05, 0.1) is 11.5 Å². The zero-order valence-corrected chi connectivity index (χ0v) is 14.8. The molecule has 4 rings (SSSR count). The SMILES string of the molecule is C[C@H]1C(=O)Nc2ccc(C(=O)COC(=O)c3ccc(-c4nnco4)cc3)cc21. The van der Waals surface area contributed by atoms with Crippen LogP contribution in [0.25, 0.3) is 11.5 Å². The summed E-state index contributed by atoms with van der Waals surface area (Å²) in [5.74, 6) is -1.03. The van der Waals surface area contributed by atoms with E-state index < -0.39 is 12.6 Å². The molecule has 1 aromatic heterocycles. The van der Waals surface area contributed by atoms with Gasteiger partial charge in [-0.15, -0.1) is 10.2 Å². The Morgan fingerprint density at radius 1 is 1.14 bits per heavy atom. The molecule has 1 N–H and O–H groups in total. The van der Waals surface area contributed by atoms with E-state index in [1.165, 1.54) is 6.39 Å². The van der Waals surface area contributed by atoms with Crippen LogP contribution < -0.4 is 5.32 Å². The molecule has 1 aliphatic heterocycles. The standard InChI is InChI=1S/C20H15N3O5/c1-11-15-8-14(6-7-16(15)22-18(11)25)17(24)9-27-20(26)13-4-2-12(3-5-13)19-23-21-10-28-19/h2-8,10-11H,9H2,1H3,(H,22,25)/t11-/m1/s1. The first kappa shape index (κ1) is 17.6. The lowest BCUT2D eigenvalue weighted by Gasteiger charge is -2.07. The number of esters is 1. The molecule has 0 saturated heterocycles. The van der Waals surface area contributed by atoms with Gasteiger partial charge in [-0.25, -0.2) is 4.79 Å². The quantitative estimate of drug-likeness (QED) is 0.537. The Labute approximate surface area is 159 Å². The van der Waals surface area contributed by atoms with Crippen molar-refractivity contribution in [1.82, 2.24) is 10.2 Å². The Balaban J connectivity index is 1.40. The smallest absolute Gasteiger partial charge is 0.338 e. The molecule has 1 amide bonds. The maximum absolute atomic E-state index is 12.4. The lowest BCUT2D eigenvalue weighted by Crippen LogP contribution is -2.14. The number of Topliss-reactive ketones (excluding diaryl/α,β-unsaturated/α-hetero) is 1.